The third-order valence-corrected chi connectivity index (χ3v) is 10.9. The Balaban J connectivity index is 1.28. The topological polar surface area (TPSA) is 23.0 Å². The van der Waals surface area contributed by atoms with Crippen LogP contribution in [0.2, 0.25) is 0 Å². The van der Waals surface area contributed by atoms with Gasteiger partial charge in [-0.1, -0.05) is 98.8 Å². The quantitative estimate of drug-likeness (QED) is 0.190. The minimum Gasteiger partial charge on any atom is -0.455 e. The van der Waals surface area contributed by atoms with E-state index in [1.807, 2.05) is 6.07 Å². The predicted octanol–water partition coefficient (Wildman–Crippen LogP) is 12.1. The molecular weight excluding hydrogens is 585 g/mol. The molecule has 226 valence electrons. The zero-order chi connectivity index (χ0) is 31.7. The van der Waals surface area contributed by atoms with Crippen LogP contribution in [0.5, 0.6) is 0 Å². The highest BCUT2D eigenvalue weighted by atomic mass is 16.3. The lowest BCUT2D eigenvalue weighted by Gasteiger charge is -2.22. The number of fused-ring (bicyclic) bond motifs is 13. The van der Waals surface area contributed by atoms with Crippen LogP contribution in [-0.4, -0.2) is 9.13 Å². The number of furan rings is 1. The molecule has 0 bridgehead atoms. The Labute approximate surface area is 276 Å². The van der Waals surface area contributed by atoms with E-state index in [0.29, 0.717) is 0 Å². The van der Waals surface area contributed by atoms with Crippen molar-refractivity contribution in [2.24, 2.45) is 0 Å². The summed E-state index contributed by atoms with van der Waals surface area (Å²) in [5.41, 5.74) is 14.2. The standard InChI is InChI=1S/C45H30N2O/c1-45(2)36-17-9-6-14-29(36)30-21-20-28(24-37(30)45)47-38-18-10-7-15-31(38)34-25-35-41(26-40(34)47)46(27-12-4-3-5-13-27)39-23-22-33-32-16-8-11-19-42(32)48-44(33)43(35)39/h3-26H,1-2H3. The van der Waals surface area contributed by atoms with Crippen LogP contribution in [-0.2, 0) is 5.41 Å². The van der Waals surface area contributed by atoms with Crippen molar-refractivity contribution in [1.82, 2.24) is 9.13 Å². The minimum atomic E-state index is -0.0777. The van der Waals surface area contributed by atoms with Crippen molar-refractivity contribution in [3.63, 3.8) is 0 Å². The van der Waals surface area contributed by atoms with Gasteiger partial charge in [-0.05, 0) is 82.9 Å². The van der Waals surface area contributed by atoms with E-state index in [9.17, 15) is 0 Å². The van der Waals surface area contributed by atoms with Gasteiger partial charge in [-0.3, -0.25) is 0 Å². The lowest BCUT2D eigenvalue weighted by molar-refractivity contribution is 0.660. The molecule has 3 aromatic heterocycles. The number of benzene rings is 7. The molecule has 11 rings (SSSR count). The molecule has 3 heterocycles. The molecule has 1 aliphatic rings. The molecule has 7 aromatic carbocycles. The summed E-state index contributed by atoms with van der Waals surface area (Å²) in [5.74, 6) is 0. The molecule has 0 aliphatic heterocycles. The molecule has 0 radical (unpaired) electrons. The average molecular weight is 615 g/mol. The van der Waals surface area contributed by atoms with Gasteiger partial charge in [0.15, 0.2) is 0 Å². The van der Waals surface area contributed by atoms with Gasteiger partial charge in [0.1, 0.15) is 11.2 Å². The lowest BCUT2D eigenvalue weighted by atomic mass is 9.82. The number of nitrogens with zero attached hydrogens (tertiary/aromatic N) is 2. The van der Waals surface area contributed by atoms with Crippen LogP contribution in [0.1, 0.15) is 25.0 Å². The van der Waals surface area contributed by atoms with Gasteiger partial charge in [0.2, 0.25) is 0 Å². The summed E-state index contributed by atoms with van der Waals surface area (Å²) in [4.78, 5) is 0. The maximum atomic E-state index is 6.67. The molecule has 1 aliphatic carbocycles. The molecule has 0 N–H and O–H groups in total. The Bertz CT molecular complexity index is 2970. The van der Waals surface area contributed by atoms with Gasteiger partial charge >= 0.3 is 0 Å². The average Bonchev–Trinajstić information content (AvgIpc) is 3.83. The summed E-state index contributed by atoms with van der Waals surface area (Å²) in [7, 11) is 0. The van der Waals surface area contributed by atoms with E-state index in [4.69, 9.17) is 4.42 Å². The molecule has 0 amide bonds. The summed E-state index contributed by atoms with van der Waals surface area (Å²) >= 11 is 0. The van der Waals surface area contributed by atoms with Crippen LogP contribution < -0.4 is 0 Å². The number of rotatable bonds is 2. The lowest BCUT2D eigenvalue weighted by Crippen LogP contribution is -2.15. The maximum Gasteiger partial charge on any atom is 0.145 e. The van der Waals surface area contributed by atoms with Crippen molar-refractivity contribution >= 4 is 65.6 Å². The first-order chi connectivity index (χ1) is 23.6. The van der Waals surface area contributed by atoms with Crippen molar-refractivity contribution in [2.75, 3.05) is 0 Å². The van der Waals surface area contributed by atoms with Crippen molar-refractivity contribution in [3.8, 4) is 22.5 Å². The number of hydrogen-bond donors (Lipinski definition) is 0. The van der Waals surface area contributed by atoms with Crippen molar-refractivity contribution in [2.45, 2.75) is 19.3 Å². The molecule has 3 nitrogen and oxygen atoms in total. The fourth-order valence-corrected chi connectivity index (χ4v) is 8.71. The Morgan fingerprint density at radius 3 is 2.04 bits per heavy atom. The third-order valence-electron chi connectivity index (χ3n) is 10.9. The van der Waals surface area contributed by atoms with Gasteiger partial charge < -0.3 is 13.6 Å². The van der Waals surface area contributed by atoms with E-state index in [1.54, 1.807) is 0 Å². The summed E-state index contributed by atoms with van der Waals surface area (Å²) in [5, 5.41) is 7.12. The van der Waals surface area contributed by atoms with E-state index in [1.165, 1.54) is 55.1 Å². The zero-order valence-corrected chi connectivity index (χ0v) is 26.7. The molecule has 0 saturated heterocycles. The fourth-order valence-electron chi connectivity index (χ4n) is 8.71. The number of aromatic nitrogens is 2. The monoisotopic (exact) mass is 614 g/mol. The minimum absolute atomic E-state index is 0.0777. The van der Waals surface area contributed by atoms with Crippen molar-refractivity contribution in [1.29, 1.82) is 0 Å². The normalized spacial score (nSPS) is 13.8. The van der Waals surface area contributed by atoms with E-state index < -0.39 is 0 Å². The number of para-hydroxylation sites is 3. The smallest absolute Gasteiger partial charge is 0.145 e. The summed E-state index contributed by atoms with van der Waals surface area (Å²) < 4.78 is 11.5. The molecule has 0 spiro atoms. The van der Waals surface area contributed by atoms with Crippen LogP contribution in [0.15, 0.2) is 150 Å². The highest BCUT2D eigenvalue weighted by molar-refractivity contribution is 6.26. The molecule has 0 atom stereocenters. The first-order valence-corrected chi connectivity index (χ1v) is 16.7. The second-order valence-electron chi connectivity index (χ2n) is 13.7. The second-order valence-corrected chi connectivity index (χ2v) is 13.7. The largest absolute Gasteiger partial charge is 0.455 e. The van der Waals surface area contributed by atoms with Crippen LogP contribution in [0.3, 0.4) is 0 Å². The summed E-state index contributed by atoms with van der Waals surface area (Å²) in [6.07, 6.45) is 0. The number of hydrogen-bond acceptors (Lipinski definition) is 1. The first kappa shape index (κ1) is 26.1. The van der Waals surface area contributed by atoms with E-state index >= 15 is 0 Å². The van der Waals surface area contributed by atoms with Gasteiger partial charge in [-0.2, -0.15) is 0 Å². The SMILES string of the molecule is CC1(C)c2ccccc2-c2ccc(-n3c4ccccc4c4cc5c6c7oc8ccccc8c7ccc6n(-c6ccccc6)c5cc43)cc21. The second kappa shape index (κ2) is 9.05. The summed E-state index contributed by atoms with van der Waals surface area (Å²) in [6.45, 7) is 4.71. The van der Waals surface area contributed by atoms with Gasteiger partial charge in [0.25, 0.3) is 0 Å². The van der Waals surface area contributed by atoms with Crippen LogP contribution in [0.4, 0.5) is 0 Å². The Kier molecular flexibility index (Phi) is 4.91. The zero-order valence-electron chi connectivity index (χ0n) is 26.7. The molecule has 3 heteroatoms. The van der Waals surface area contributed by atoms with Gasteiger partial charge in [0.05, 0.1) is 27.5 Å². The van der Waals surface area contributed by atoms with Crippen LogP contribution >= 0.6 is 0 Å². The molecule has 48 heavy (non-hydrogen) atoms. The van der Waals surface area contributed by atoms with Gasteiger partial charge in [-0.15, -0.1) is 0 Å². The Morgan fingerprint density at radius 2 is 1.15 bits per heavy atom. The van der Waals surface area contributed by atoms with E-state index in [0.717, 1.165) is 44.0 Å². The fraction of sp³-hybridized carbons (Fsp3) is 0.0667. The first-order valence-electron chi connectivity index (χ1n) is 16.7. The maximum absolute atomic E-state index is 6.67. The summed E-state index contributed by atoms with van der Waals surface area (Å²) in [6, 6.07) is 53.1. The highest BCUT2D eigenvalue weighted by Gasteiger charge is 2.35. The van der Waals surface area contributed by atoms with Crippen molar-refractivity contribution < 1.29 is 4.42 Å². The highest BCUT2D eigenvalue weighted by Crippen LogP contribution is 2.50. The Hall–Kier alpha value is -6.06. The Morgan fingerprint density at radius 1 is 0.438 bits per heavy atom. The van der Waals surface area contributed by atoms with Gasteiger partial charge in [0, 0.05) is 43.7 Å². The predicted molar refractivity (Wildman–Crippen MR) is 200 cm³/mol. The molecule has 0 fully saturated rings. The van der Waals surface area contributed by atoms with Gasteiger partial charge in [-0.25, -0.2) is 0 Å². The molecule has 0 saturated carbocycles. The molecule has 0 unspecified atom stereocenters. The molecular formula is C45H30N2O. The van der Waals surface area contributed by atoms with Crippen LogP contribution in [0.25, 0.3) is 88.1 Å². The van der Waals surface area contributed by atoms with Crippen molar-refractivity contribution in [3.05, 3.63) is 157 Å². The van der Waals surface area contributed by atoms with E-state index in [2.05, 4.69) is 163 Å². The molecule has 10 aromatic rings. The third kappa shape index (κ3) is 3.23. The van der Waals surface area contributed by atoms with Crippen LogP contribution in [0, 0.1) is 0 Å². The van der Waals surface area contributed by atoms with E-state index in [-0.39, 0.29) is 5.41 Å².